The molecular weight excluding hydrogens is 581 g/mol. The van der Waals surface area contributed by atoms with Crippen molar-refractivity contribution in [3.05, 3.63) is 60.3 Å². The smallest absolute Gasteiger partial charge is 0.248 e. The third-order valence-electron chi connectivity index (χ3n) is 8.20. The monoisotopic (exact) mass is 614 g/mol. The van der Waals surface area contributed by atoms with Crippen molar-refractivity contribution in [2.45, 2.75) is 51.0 Å². The molecule has 1 saturated carbocycles. The maximum atomic E-state index is 14.9. The molecule has 0 bridgehead atoms. The number of alkyl halides is 2. The average Bonchev–Trinajstić information content (AvgIpc) is 3.40. The topological polar surface area (TPSA) is 121 Å². The lowest BCUT2D eigenvalue weighted by Crippen LogP contribution is -2.45. The van der Waals surface area contributed by atoms with E-state index in [0.717, 1.165) is 5.69 Å². The minimum atomic E-state index is -3.06. The van der Waals surface area contributed by atoms with Crippen LogP contribution in [0.25, 0.3) is 16.9 Å². The number of aromatic nitrogens is 3. The second kappa shape index (κ2) is 12.0. The lowest BCUT2D eigenvalue weighted by atomic mass is 9.74. The Morgan fingerprint density at radius 2 is 1.86 bits per heavy atom. The highest BCUT2D eigenvalue weighted by molar-refractivity contribution is 7.91. The van der Waals surface area contributed by atoms with E-state index in [1.54, 1.807) is 26.0 Å². The highest BCUT2D eigenvalue weighted by Crippen LogP contribution is 2.47. The molecule has 9 nitrogen and oxygen atoms in total. The van der Waals surface area contributed by atoms with Gasteiger partial charge in [-0.25, -0.2) is 31.3 Å². The number of benzene rings is 1. The molecule has 1 amide bonds. The zero-order chi connectivity index (χ0) is 30.9. The number of nitriles is 1. The van der Waals surface area contributed by atoms with Gasteiger partial charge in [0.2, 0.25) is 11.8 Å². The molecule has 43 heavy (non-hydrogen) atoms. The maximum Gasteiger partial charge on any atom is 0.248 e. The summed E-state index contributed by atoms with van der Waals surface area (Å²) < 4.78 is 69.6. The lowest BCUT2D eigenvalue weighted by molar-refractivity contribution is -0.131. The molecule has 5 rings (SSSR count). The Bertz CT molecular complexity index is 1620. The number of amides is 1. The van der Waals surface area contributed by atoms with E-state index in [9.17, 15) is 31.6 Å². The molecule has 0 radical (unpaired) electrons. The van der Waals surface area contributed by atoms with Crippen molar-refractivity contribution in [3.8, 4) is 23.0 Å². The van der Waals surface area contributed by atoms with Gasteiger partial charge in [-0.3, -0.25) is 4.79 Å². The van der Waals surface area contributed by atoms with Crippen LogP contribution in [0, 0.1) is 29.0 Å². The summed E-state index contributed by atoms with van der Waals surface area (Å²) >= 11 is 0. The van der Waals surface area contributed by atoms with Gasteiger partial charge in [0.05, 0.1) is 23.3 Å². The van der Waals surface area contributed by atoms with E-state index >= 15 is 0 Å². The molecule has 2 aliphatic rings. The molecule has 1 N–H and O–H groups in total. The Hall–Kier alpha value is -3.92. The highest BCUT2D eigenvalue weighted by atomic mass is 32.2. The molecule has 3 atom stereocenters. The zero-order valence-corrected chi connectivity index (χ0v) is 24.7. The van der Waals surface area contributed by atoms with E-state index < -0.39 is 58.2 Å². The van der Waals surface area contributed by atoms with E-state index in [2.05, 4.69) is 21.5 Å². The Morgan fingerprint density at radius 3 is 2.49 bits per heavy atom. The quantitative estimate of drug-likeness (QED) is 0.416. The van der Waals surface area contributed by atoms with Crippen LogP contribution in [-0.4, -0.2) is 65.6 Å². The molecule has 2 aromatic heterocycles. The third kappa shape index (κ3) is 6.69. The first kappa shape index (κ1) is 30.5. The number of hydrogen-bond acceptors (Lipinski definition) is 7. The van der Waals surface area contributed by atoms with E-state index in [1.807, 2.05) is 17.0 Å². The number of pyridine rings is 1. The van der Waals surface area contributed by atoms with Crippen LogP contribution in [0.1, 0.15) is 44.7 Å². The minimum Gasteiger partial charge on any atom is -0.369 e. The minimum absolute atomic E-state index is 0.0596. The number of rotatable bonds is 7. The molecule has 1 saturated heterocycles. The van der Waals surface area contributed by atoms with Crippen LogP contribution in [0.15, 0.2) is 48.8 Å². The fourth-order valence-electron chi connectivity index (χ4n) is 5.70. The van der Waals surface area contributed by atoms with Crippen LogP contribution >= 0.6 is 0 Å². The standard InChI is InChI=1S/C30H33F3N6O3S/c1-19(2)26(17-34)36-29(40)22-9-10-30(32,33)16-23(22)27-24(18-39(37-27)28-25(31)4-3-11-35-28)20-5-7-21(8-6-20)38-12-14-43(41,42)15-13-38/h3-8,11,18-19,22-23,26H,9-10,12-16H2,1-2H3,(H,36,40). The number of sulfone groups is 1. The Balaban J connectivity index is 1.56. The number of nitrogens with zero attached hydrogens (tertiary/aromatic N) is 5. The van der Waals surface area contributed by atoms with Crippen LogP contribution in [0.4, 0.5) is 18.9 Å². The van der Waals surface area contributed by atoms with Gasteiger partial charge in [0, 0.05) is 61.4 Å². The molecule has 1 aliphatic carbocycles. The summed E-state index contributed by atoms with van der Waals surface area (Å²) in [6.07, 6.45) is 1.69. The predicted molar refractivity (Wildman–Crippen MR) is 155 cm³/mol. The fraction of sp³-hybridized carbons (Fsp3) is 0.467. The predicted octanol–water partition coefficient (Wildman–Crippen LogP) is 4.49. The molecule has 3 unspecified atom stereocenters. The lowest BCUT2D eigenvalue weighted by Gasteiger charge is -2.35. The SMILES string of the molecule is CC(C)C(C#N)NC(=O)C1CCC(F)(F)CC1c1nn(-c2ncccc2F)cc1-c1ccc(N2CCS(=O)(=O)CC2)cc1. The van der Waals surface area contributed by atoms with E-state index in [1.165, 1.54) is 29.2 Å². The molecule has 13 heteroatoms. The zero-order valence-electron chi connectivity index (χ0n) is 23.9. The van der Waals surface area contributed by atoms with Crippen molar-refractivity contribution in [2.24, 2.45) is 11.8 Å². The molecule has 0 spiro atoms. The van der Waals surface area contributed by atoms with Crippen molar-refractivity contribution in [3.63, 3.8) is 0 Å². The summed E-state index contributed by atoms with van der Waals surface area (Å²) in [4.78, 5) is 19.5. The fourth-order valence-corrected chi connectivity index (χ4v) is 6.90. The van der Waals surface area contributed by atoms with Gasteiger partial charge in [-0.2, -0.15) is 10.4 Å². The number of anilines is 1. The number of halogens is 3. The summed E-state index contributed by atoms with van der Waals surface area (Å²) in [6, 6.07) is 11.1. The first-order chi connectivity index (χ1) is 20.4. The van der Waals surface area contributed by atoms with E-state index in [-0.39, 0.29) is 35.4 Å². The molecule has 1 aromatic carbocycles. The highest BCUT2D eigenvalue weighted by Gasteiger charge is 2.47. The molecule has 1 aliphatic heterocycles. The molecular formula is C30H33F3N6O3S. The molecule has 3 heterocycles. The van der Waals surface area contributed by atoms with E-state index in [0.29, 0.717) is 24.2 Å². The van der Waals surface area contributed by atoms with Gasteiger partial charge in [-0.05, 0) is 42.2 Å². The van der Waals surface area contributed by atoms with Crippen molar-refractivity contribution < 1.29 is 26.4 Å². The summed E-state index contributed by atoms with van der Waals surface area (Å²) in [6.45, 7) is 4.29. The Labute approximate surface area is 248 Å². The van der Waals surface area contributed by atoms with E-state index in [4.69, 9.17) is 0 Å². The van der Waals surface area contributed by atoms with Gasteiger partial charge >= 0.3 is 0 Å². The maximum absolute atomic E-state index is 14.9. The van der Waals surface area contributed by atoms with Gasteiger partial charge in [-0.1, -0.05) is 26.0 Å². The number of nitrogens with one attached hydrogen (secondary N) is 1. The van der Waals surface area contributed by atoms with Gasteiger partial charge < -0.3 is 10.2 Å². The van der Waals surface area contributed by atoms with Crippen LogP contribution in [-0.2, 0) is 14.6 Å². The van der Waals surface area contributed by atoms with Crippen molar-refractivity contribution in [1.29, 1.82) is 5.26 Å². The van der Waals surface area contributed by atoms with Gasteiger partial charge in [0.1, 0.15) is 6.04 Å². The average molecular weight is 615 g/mol. The summed E-state index contributed by atoms with van der Waals surface area (Å²) in [7, 11) is -3.06. The van der Waals surface area contributed by atoms with Gasteiger partial charge in [-0.15, -0.1) is 0 Å². The first-order valence-corrected chi connectivity index (χ1v) is 16.0. The largest absolute Gasteiger partial charge is 0.369 e. The van der Waals surface area contributed by atoms with Crippen LogP contribution < -0.4 is 10.2 Å². The summed E-state index contributed by atoms with van der Waals surface area (Å²) in [5.41, 5.74) is 2.07. The number of carbonyl (C=O) groups excluding carboxylic acids is 1. The third-order valence-corrected chi connectivity index (χ3v) is 9.81. The van der Waals surface area contributed by atoms with Crippen LogP contribution in [0.5, 0.6) is 0 Å². The second-order valence-electron chi connectivity index (χ2n) is 11.5. The van der Waals surface area contributed by atoms with Crippen LogP contribution in [0.2, 0.25) is 0 Å². The Morgan fingerprint density at radius 1 is 1.16 bits per heavy atom. The van der Waals surface area contributed by atoms with Crippen molar-refractivity contribution in [1.82, 2.24) is 20.1 Å². The van der Waals surface area contributed by atoms with Gasteiger partial charge in [0.15, 0.2) is 21.5 Å². The second-order valence-corrected chi connectivity index (χ2v) is 13.8. The molecule has 228 valence electrons. The number of hydrogen-bond donors (Lipinski definition) is 1. The molecule has 2 fully saturated rings. The van der Waals surface area contributed by atoms with Gasteiger partial charge in [0.25, 0.3) is 0 Å². The normalized spacial score (nSPS) is 22.1. The summed E-state index contributed by atoms with van der Waals surface area (Å²) in [5, 5.41) is 16.8. The van der Waals surface area contributed by atoms with Crippen molar-refractivity contribution in [2.75, 3.05) is 29.5 Å². The first-order valence-electron chi connectivity index (χ1n) is 14.2. The Kier molecular flexibility index (Phi) is 8.51. The van der Waals surface area contributed by atoms with Crippen LogP contribution in [0.3, 0.4) is 0 Å². The molecule has 3 aromatic rings. The van der Waals surface area contributed by atoms with Crippen molar-refractivity contribution >= 4 is 21.4 Å². The number of carbonyl (C=O) groups is 1. The summed E-state index contributed by atoms with van der Waals surface area (Å²) in [5.74, 6) is -6.30.